The number of carbonyl (C=O) groups is 1. The highest BCUT2D eigenvalue weighted by atomic mass is 16.3. The van der Waals surface area contributed by atoms with Gasteiger partial charge < -0.3 is 14.4 Å². The van der Waals surface area contributed by atoms with E-state index in [1.807, 2.05) is 11.0 Å². The molecular weight excluding hydrogens is 316 g/mol. The highest BCUT2D eigenvalue weighted by Gasteiger charge is 2.50. The van der Waals surface area contributed by atoms with E-state index in [-0.39, 0.29) is 17.9 Å². The molecule has 5 nitrogen and oxygen atoms in total. The van der Waals surface area contributed by atoms with Gasteiger partial charge in [0.05, 0.1) is 18.4 Å². The molecule has 2 aliphatic heterocycles. The molecule has 5 heteroatoms. The standard InChI is InChI=1S/C20H24N2O3/c23-15-20-13-21(10-16-4-2-1-3-5-16)11-18(20)6-8-22(14-20)19(24)17-7-9-25-12-17/h1-5,7,9,12,18,23H,6,8,10-11,13-15H2/t18-,20-/m0/s1. The van der Waals surface area contributed by atoms with Gasteiger partial charge >= 0.3 is 0 Å². The van der Waals surface area contributed by atoms with Gasteiger partial charge in [-0.15, -0.1) is 0 Å². The van der Waals surface area contributed by atoms with Crippen LogP contribution in [-0.4, -0.2) is 53.6 Å². The number of nitrogens with zero attached hydrogens (tertiary/aromatic N) is 2. The maximum absolute atomic E-state index is 12.7. The topological polar surface area (TPSA) is 56.9 Å². The van der Waals surface area contributed by atoms with Crippen LogP contribution in [0.4, 0.5) is 0 Å². The molecule has 2 aromatic rings. The first-order chi connectivity index (χ1) is 12.2. The van der Waals surface area contributed by atoms with Gasteiger partial charge in [-0.3, -0.25) is 9.69 Å². The molecule has 0 radical (unpaired) electrons. The lowest BCUT2D eigenvalue weighted by Gasteiger charge is -2.43. The van der Waals surface area contributed by atoms with Crippen LogP contribution >= 0.6 is 0 Å². The van der Waals surface area contributed by atoms with Crippen molar-refractivity contribution in [1.82, 2.24) is 9.80 Å². The lowest BCUT2D eigenvalue weighted by atomic mass is 9.74. The average molecular weight is 340 g/mol. The third-order valence-corrected chi connectivity index (χ3v) is 5.76. The summed E-state index contributed by atoms with van der Waals surface area (Å²) in [6.45, 7) is 4.20. The molecule has 2 aliphatic rings. The third-order valence-electron chi connectivity index (χ3n) is 5.76. The molecule has 1 aromatic carbocycles. The van der Waals surface area contributed by atoms with Gasteiger partial charge in [-0.1, -0.05) is 30.3 Å². The van der Waals surface area contributed by atoms with Crippen molar-refractivity contribution in [2.45, 2.75) is 13.0 Å². The molecule has 3 heterocycles. The predicted octanol–water partition coefficient (Wildman–Crippen LogP) is 2.24. The zero-order valence-corrected chi connectivity index (χ0v) is 14.3. The molecule has 1 amide bonds. The van der Waals surface area contributed by atoms with E-state index in [0.717, 1.165) is 32.6 Å². The predicted molar refractivity (Wildman–Crippen MR) is 94.0 cm³/mol. The number of fused-ring (bicyclic) bond motifs is 1. The summed E-state index contributed by atoms with van der Waals surface area (Å²) in [4.78, 5) is 16.9. The summed E-state index contributed by atoms with van der Waals surface area (Å²) >= 11 is 0. The number of rotatable bonds is 4. The molecule has 0 spiro atoms. The number of amides is 1. The van der Waals surface area contributed by atoms with E-state index in [9.17, 15) is 9.90 Å². The molecule has 0 bridgehead atoms. The highest BCUT2D eigenvalue weighted by molar-refractivity contribution is 5.93. The number of piperidine rings is 1. The van der Waals surface area contributed by atoms with E-state index in [4.69, 9.17) is 4.42 Å². The molecule has 2 fully saturated rings. The number of hydrogen-bond acceptors (Lipinski definition) is 4. The quantitative estimate of drug-likeness (QED) is 0.927. The number of aliphatic hydroxyl groups excluding tert-OH is 1. The molecule has 1 N–H and O–H groups in total. The largest absolute Gasteiger partial charge is 0.472 e. The van der Waals surface area contributed by atoms with Crippen LogP contribution in [0.25, 0.3) is 0 Å². The van der Waals surface area contributed by atoms with Crippen molar-refractivity contribution in [3.8, 4) is 0 Å². The number of carbonyl (C=O) groups excluding carboxylic acids is 1. The smallest absolute Gasteiger partial charge is 0.257 e. The van der Waals surface area contributed by atoms with Crippen LogP contribution in [-0.2, 0) is 6.54 Å². The Morgan fingerprint density at radius 1 is 1.24 bits per heavy atom. The fraction of sp³-hybridized carbons (Fsp3) is 0.450. The van der Waals surface area contributed by atoms with Crippen LogP contribution in [0.3, 0.4) is 0 Å². The SMILES string of the molecule is O=C(c1ccoc1)N1CC[C@H]2CN(Cc3ccccc3)C[C@@]2(CO)C1. The second kappa shape index (κ2) is 6.65. The maximum Gasteiger partial charge on any atom is 0.257 e. The average Bonchev–Trinajstić information content (AvgIpc) is 3.29. The van der Waals surface area contributed by atoms with Crippen molar-refractivity contribution in [2.24, 2.45) is 11.3 Å². The van der Waals surface area contributed by atoms with E-state index >= 15 is 0 Å². The minimum atomic E-state index is -0.216. The van der Waals surface area contributed by atoms with E-state index in [0.29, 0.717) is 18.0 Å². The Morgan fingerprint density at radius 3 is 2.80 bits per heavy atom. The number of hydrogen-bond donors (Lipinski definition) is 1. The van der Waals surface area contributed by atoms with Crippen LogP contribution in [0, 0.1) is 11.3 Å². The Morgan fingerprint density at radius 2 is 2.08 bits per heavy atom. The molecule has 2 saturated heterocycles. The van der Waals surface area contributed by atoms with Gasteiger partial charge in [0.1, 0.15) is 6.26 Å². The highest BCUT2D eigenvalue weighted by Crippen LogP contribution is 2.42. The molecule has 25 heavy (non-hydrogen) atoms. The summed E-state index contributed by atoms with van der Waals surface area (Å²) in [6.07, 6.45) is 3.96. The van der Waals surface area contributed by atoms with Crippen LogP contribution < -0.4 is 0 Å². The Bertz CT molecular complexity index is 716. The van der Waals surface area contributed by atoms with Crippen LogP contribution in [0.1, 0.15) is 22.3 Å². The monoisotopic (exact) mass is 340 g/mol. The Hall–Kier alpha value is -2.11. The minimum Gasteiger partial charge on any atom is -0.472 e. The van der Waals surface area contributed by atoms with Crippen molar-refractivity contribution < 1.29 is 14.3 Å². The first kappa shape index (κ1) is 16.4. The van der Waals surface area contributed by atoms with E-state index in [1.165, 1.54) is 18.1 Å². The normalized spacial score (nSPS) is 26.6. The Labute approximate surface area is 147 Å². The van der Waals surface area contributed by atoms with Gasteiger partial charge in [0.2, 0.25) is 0 Å². The number of likely N-dealkylation sites (tertiary alicyclic amines) is 2. The van der Waals surface area contributed by atoms with Gasteiger partial charge in [-0.25, -0.2) is 0 Å². The second-order valence-electron chi connectivity index (χ2n) is 7.40. The number of furan rings is 1. The lowest BCUT2D eigenvalue weighted by Crippen LogP contribution is -2.52. The maximum atomic E-state index is 12.7. The van der Waals surface area contributed by atoms with E-state index in [2.05, 4.69) is 29.2 Å². The van der Waals surface area contributed by atoms with Gasteiger partial charge in [-0.05, 0) is 24.0 Å². The summed E-state index contributed by atoms with van der Waals surface area (Å²) < 4.78 is 5.04. The Kier molecular flexibility index (Phi) is 4.36. The summed E-state index contributed by atoms with van der Waals surface area (Å²) in [6, 6.07) is 12.1. The molecule has 2 atom stereocenters. The van der Waals surface area contributed by atoms with Crippen LogP contribution in [0.15, 0.2) is 53.3 Å². The zero-order chi connectivity index (χ0) is 17.3. The van der Waals surface area contributed by atoms with Crippen molar-refractivity contribution >= 4 is 5.91 Å². The fourth-order valence-electron chi connectivity index (χ4n) is 4.42. The van der Waals surface area contributed by atoms with Gasteiger partial charge in [-0.2, -0.15) is 0 Å². The van der Waals surface area contributed by atoms with Crippen molar-refractivity contribution in [1.29, 1.82) is 0 Å². The fourth-order valence-corrected chi connectivity index (χ4v) is 4.42. The van der Waals surface area contributed by atoms with Crippen molar-refractivity contribution in [3.05, 3.63) is 60.1 Å². The van der Waals surface area contributed by atoms with Crippen molar-refractivity contribution in [3.63, 3.8) is 0 Å². The molecular formula is C20H24N2O3. The molecule has 0 unspecified atom stereocenters. The summed E-state index contributed by atoms with van der Waals surface area (Å²) in [7, 11) is 0. The first-order valence-electron chi connectivity index (χ1n) is 8.89. The summed E-state index contributed by atoms with van der Waals surface area (Å²) in [5, 5.41) is 10.2. The van der Waals surface area contributed by atoms with Gasteiger partial charge in [0.25, 0.3) is 5.91 Å². The molecule has 132 valence electrons. The second-order valence-corrected chi connectivity index (χ2v) is 7.40. The van der Waals surface area contributed by atoms with Crippen LogP contribution in [0.5, 0.6) is 0 Å². The Balaban J connectivity index is 1.48. The zero-order valence-electron chi connectivity index (χ0n) is 14.3. The molecule has 4 rings (SSSR count). The first-order valence-corrected chi connectivity index (χ1v) is 8.89. The molecule has 1 aromatic heterocycles. The van der Waals surface area contributed by atoms with Gasteiger partial charge in [0.15, 0.2) is 0 Å². The van der Waals surface area contributed by atoms with Gasteiger partial charge in [0, 0.05) is 38.1 Å². The van der Waals surface area contributed by atoms with E-state index in [1.54, 1.807) is 6.07 Å². The summed E-state index contributed by atoms with van der Waals surface area (Å²) in [5.74, 6) is 0.441. The number of aliphatic hydroxyl groups is 1. The summed E-state index contributed by atoms with van der Waals surface area (Å²) in [5.41, 5.74) is 1.66. The van der Waals surface area contributed by atoms with E-state index < -0.39 is 0 Å². The van der Waals surface area contributed by atoms with Crippen molar-refractivity contribution in [2.75, 3.05) is 32.8 Å². The molecule has 0 aliphatic carbocycles. The third kappa shape index (κ3) is 3.10. The lowest BCUT2D eigenvalue weighted by molar-refractivity contribution is 0.0117. The number of benzene rings is 1. The minimum absolute atomic E-state index is 0.00142. The van der Waals surface area contributed by atoms with Crippen LogP contribution in [0.2, 0.25) is 0 Å². The molecule has 0 saturated carbocycles.